The molecule has 114 valence electrons. The van der Waals surface area contributed by atoms with Crippen molar-refractivity contribution in [3.05, 3.63) is 52.5 Å². The van der Waals surface area contributed by atoms with E-state index < -0.39 is 0 Å². The Kier molecular flexibility index (Phi) is 3.94. The molecule has 0 unspecified atom stereocenters. The number of phenolic OH excluding ortho intramolecular Hbond substituents is 1. The summed E-state index contributed by atoms with van der Waals surface area (Å²) in [4.78, 5) is 12.1. The lowest BCUT2D eigenvalue weighted by Gasteiger charge is -2.12. The van der Waals surface area contributed by atoms with Crippen molar-refractivity contribution in [1.82, 2.24) is 5.32 Å². The van der Waals surface area contributed by atoms with E-state index in [2.05, 4.69) is 5.32 Å². The summed E-state index contributed by atoms with van der Waals surface area (Å²) in [6.45, 7) is 1.89. The number of hydrogen-bond donors (Lipinski definition) is 2. The van der Waals surface area contributed by atoms with Crippen LogP contribution in [0.3, 0.4) is 0 Å². The average molecular weight is 318 g/mol. The molecule has 1 aliphatic carbocycles. The zero-order valence-corrected chi connectivity index (χ0v) is 12.9. The third kappa shape index (κ3) is 3.17. The molecule has 1 fully saturated rings. The fraction of sp³-hybridized carbons (Fsp3) is 0.235. The van der Waals surface area contributed by atoms with Gasteiger partial charge in [0.2, 0.25) is 0 Å². The van der Waals surface area contributed by atoms with E-state index in [1.807, 2.05) is 19.1 Å². The number of amides is 1. The van der Waals surface area contributed by atoms with Crippen molar-refractivity contribution in [2.24, 2.45) is 0 Å². The number of ether oxygens (including phenoxy) is 1. The zero-order valence-electron chi connectivity index (χ0n) is 12.1. The van der Waals surface area contributed by atoms with Crippen molar-refractivity contribution in [2.75, 3.05) is 0 Å². The van der Waals surface area contributed by atoms with Crippen molar-refractivity contribution >= 4 is 17.5 Å². The van der Waals surface area contributed by atoms with E-state index in [0.29, 0.717) is 16.5 Å². The Bertz CT molecular complexity index is 706. The Morgan fingerprint density at radius 1 is 1.32 bits per heavy atom. The maximum Gasteiger partial charge on any atom is 0.255 e. The van der Waals surface area contributed by atoms with Crippen LogP contribution in [0.1, 0.15) is 28.8 Å². The smallest absolute Gasteiger partial charge is 0.255 e. The lowest BCUT2D eigenvalue weighted by atomic mass is 10.1. The van der Waals surface area contributed by atoms with Crippen LogP contribution in [0.2, 0.25) is 5.02 Å². The topological polar surface area (TPSA) is 58.6 Å². The van der Waals surface area contributed by atoms with Gasteiger partial charge >= 0.3 is 0 Å². The minimum Gasteiger partial charge on any atom is -0.507 e. The van der Waals surface area contributed by atoms with Gasteiger partial charge in [0.1, 0.15) is 17.2 Å². The van der Waals surface area contributed by atoms with E-state index in [0.717, 1.165) is 18.4 Å². The molecule has 0 saturated heterocycles. The number of benzene rings is 2. The van der Waals surface area contributed by atoms with Gasteiger partial charge in [-0.1, -0.05) is 23.7 Å². The van der Waals surface area contributed by atoms with Gasteiger partial charge in [-0.15, -0.1) is 0 Å². The van der Waals surface area contributed by atoms with E-state index in [4.69, 9.17) is 16.3 Å². The third-order valence-corrected chi connectivity index (χ3v) is 3.81. The van der Waals surface area contributed by atoms with Crippen LogP contribution in [-0.4, -0.2) is 17.1 Å². The molecule has 0 spiro atoms. The summed E-state index contributed by atoms with van der Waals surface area (Å²) in [7, 11) is 0. The van der Waals surface area contributed by atoms with Crippen LogP contribution >= 0.6 is 11.6 Å². The minimum atomic E-state index is -0.290. The Hall–Kier alpha value is -2.20. The monoisotopic (exact) mass is 317 g/mol. The molecule has 22 heavy (non-hydrogen) atoms. The second kappa shape index (κ2) is 5.89. The first kappa shape index (κ1) is 14.7. The number of halogens is 1. The second-order valence-corrected chi connectivity index (χ2v) is 5.82. The molecule has 2 aromatic rings. The summed E-state index contributed by atoms with van der Waals surface area (Å²) in [5, 5.41) is 13.2. The lowest BCUT2D eigenvalue weighted by molar-refractivity contribution is 0.0948. The van der Waals surface area contributed by atoms with E-state index in [1.54, 1.807) is 12.1 Å². The number of para-hydroxylation sites is 1. The highest BCUT2D eigenvalue weighted by atomic mass is 35.5. The van der Waals surface area contributed by atoms with Gasteiger partial charge in [0.25, 0.3) is 5.91 Å². The molecule has 0 heterocycles. The normalized spacial score (nSPS) is 13.7. The van der Waals surface area contributed by atoms with E-state index in [9.17, 15) is 9.90 Å². The molecule has 3 rings (SSSR count). The van der Waals surface area contributed by atoms with Crippen molar-refractivity contribution in [3.8, 4) is 17.2 Å². The fourth-order valence-electron chi connectivity index (χ4n) is 2.12. The molecule has 4 nitrogen and oxygen atoms in total. The highest BCUT2D eigenvalue weighted by Gasteiger charge is 2.25. The Morgan fingerprint density at radius 2 is 2.09 bits per heavy atom. The third-order valence-electron chi connectivity index (χ3n) is 3.51. The van der Waals surface area contributed by atoms with Crippen LogP contribution in [0.25, 0.3) is 0 Å². The van der Waals surface area contributed by atoms with Gasteiger partial charge in [0.15, 0.2) is 0 Å². The first-order valence-corrected chi connectivity index (χ1v) is 7.49. The molecule has 1 aliphatic rings. The zero-order chi connectivity index (χ0) is 15.7. The predicted molar refractivity (Wildman–Crippen MR) is 84.9 cm³/mol. The summed E-state index contributed by atoms with van der Waals surface area (Å²) >= 11 is 6.14. The maximum absolute atomic E-state index is 12.1. The molecule has 0 bridgehead atoms. The first-order chi connectivity index (χ1) is 10.5. The van der Waals surface area contributed by atoms with Gasteiger partial charge < -0.3 is 15.2 Å². The summed E-state index contributed by atoms with van der Waals surface area (Å²) < 4.78 is 5.78. The Labute approximate surface area is 133 Å². The van der Waals surface area contributed by atoms with Crippen LogP contribution < -0.4 is 10.1 Å². The lowest BCUT2D eigenvalue weighted by Crippen LogP contribution is -2.25. The predicted octanol–water partition coefficient (Wildman–Crippen LogP) is 4.04. The Morgan fingerprint density at radius 3 is 2.77 bits per heavy atom. The van der Waals surface area contributed by atoms with Crippen LogP contribution in [0.15, 0.2) is 36.4 Å². The van der Waals surface area contributed by atoms with Crippen molar-refractivity contribution in [1.29, 1.82) is 0 Å². The number of nitrogens with one attached hydrogen (secondary N) is 1. The van der Waals surface area contributed by atoms with Gasteiger partial charge in [0, 0.05) is 6.04 Å². The summed E-state index contributed by atoms with van der Waals surface area (Å²) in [5.41, 5.74) is 1.10. The number of aryl methyl sites for hydroxylation is 1. The molecule has 2 N–H and O–H groups in total. The van der Waals surface area contributed by atoms with Crippen molar-refractivity contribution < 1.29 is 14.6 Å². The average Bonchev–Trinajstić information content (AvgIpc) is 3.28. The molecular weight excluding hydrogens is 302 g/mol. The molecule has 0 radical (unpaired) electrons. The Balaban J connectivity index is 1.86. The highest BCUT2D eigenvalue weighted by molar-refractivity contribution is 6.32. The molecule has 0 atom stereocenters. The molecule has 0 aliphatic heterocycles. The number of carbonyl (C=O) groups excluding carboxylic acids is 1. The van der Waals surface area contributed by atoms with Gasteiger partial charge in [-0.05, 0) is 49.6 Å². The number of rotatable bonds is 4. The number of phenols is 1. The molecular formula is C17H16ClNO3. The van der Waals surface area contributed by atoms with Gasteiger partial charge in [-0.2, -0.15) is 0 Å². The maximum atomic E-state index is 12.1. The summed E-state index contributed by atoms with van der Waals surface area (Å²) in [5.74, 6) is 0.640. The van der Waals surface area contributed by atoms with Crippen LogP contribution in [0.5, 0.6) is 17.2 Å². The van der Waals surface area contributed by atoms with Crippen LogP contribution in [-0.2, 0) is 0 Å². The number of aromatic hydroxyl groups is 1. The van der Waals surface area contributed by atoms with Gasteiger partial charge in [-0.3, -0.25) is 4.79 Å². The summed E-state index contributed by atoms with van der Waals surface area (Å²) in [6, 6.07) is 10.3. The molecule has 1 saturated carbocycles. The minimum absolute atomic E-state index is 0.0682. The van der Waals surface area contributed by atoms with E-state index >= 15 is 0 Å². The standard InChI is InChI=1S/C17H16ClNO3/c1-10-3-2-4-14(18)16(10)22-12-7-8-15(20)13(9-12)17(21)19-11-5-6-11/h2-4,7-9,11,20H,5-6H2,1H3,(H,19,21). The van der Waals surface area contributed by atoms with Gasteiger partial charge in [0.05, 0.1) is 10.6 Å². The summed E-state index contributed by atoms with van der Waals surface area (Å²) in [6.07, 6.45) is 1.98. The van der Waals surface area contributed by atoms with Gasteiger partial charge in [-0.25, -0.2) is 0 Å². The number of hydrogen-bond acceptors (Lipinski definition) is 3. The van der Waals surface area contributed by atoms with Crippen LogP contribution in [0, 0.1) is 6.92 Å². The van der Waals surface area contributed by atoms with Crippen LogP contribution in [0.4, 0.5) is 0 Å². The number of carbonyl (C=O) groups is 1. The fourth-order valence-corrected chi connectivity index (χ4v) is 2.38. The second-order valence-electron chi connectivity index (χ2n) is 5.41. The molecule has 1 amide bonds. The van der Waals surface area contributed by atoms with Crippen molar-refractivity contribution in [3.63, 3.8) is 0 Å². The largest absolute Gasteiger partial charge is 0.507 e. The van der Waals surface area contributed by atoms with Crippen molar-refractivity contribution in [2.45, 2.75) is 25.8 Å². The molecule has 2 aromatic carbocycles. The first-order valence-electron chi connectivity index (χ1n) is 7.11. The van der Waals surface area contributed by atoms with E-state index in [-0.39, 0.29) is 23.3 Å². The van der Waals surface area contributed by atoms with E-state index in [1.165, 1.54) is 12.1 Å². The molecule has 0 aromatic heterocycles. The highest BCUT2D eigenvalue weighted by Crippen LogP contribution is 2.34. The quantitative estimate of drug-likeness (QED) is 0.894. The molecule has 5 heteroatoms. The SMILES string of the molecule is Cc1cccc(Cl)c1Oc1ccc(O)c(C(=O)NC2CC2)c1.